The van der Waals surface area contributed by atoms with Gasteiger partial charge >= 0.3 is 0 Å². The number of nitrogens with one attached hydrogen (secondary N) is 2. The molecule has 0 aliphatic heterocycles. The number of rotatable bonds is 2. The van der Waals surface area contributed by atoms with Gasteiger partial charge in [-0.1, -0.05) is 0 Å². The van der Waals surface area contributed by atoms with Crippen molar-refractivity contribution in [2.45, 2.75) is 19.9 Å². The second-order valence-corrected chi connectivity index (χ2v) is 2.31. The molecule has 0 radical (unpaired) electrons. The normalized spacial score (nSPS) is 14.4. The van der Waals surface area contributed by atoms with E-state index in [1.807, 2.05) is 0 Å². The lowest BCUT2D eigenvalue weighted by Gasteiger charge is -2.09. The second-order valence-electron chi connectivity index (χ2n) is 2.31. The van der Waals surface area contributed by atoms with Crippen molar-refractivity contribution in [3.8, 4) is 0 Å². The molecule has 11 heavy (non-hydrogen) atoms. The third-order valence-corrected chi connectivity index (χ3v) is 1.47. The summed E-state index contributed by atoms with van der Waals surface area (Å²) in [6.07, 6.45) is 0. The van der Waals surface area contributed by atoms with Crippen LogP contribution >= 0.6 is 0 Å². The number of nitrogens with zero attached hydrogens (tertiary/aromatic N) is 1. The Morgan fingerprint density at radius 3 is 2.45 bits per heavy atom. The lowest BCUT2D eigenvalue weighted by atomic mass is 10.3. The number of aliphatic imine (C=N–C) groups is 1. The number of carbonyl (C=O) groups is 1. The molecule has 0 aliphatic rings. The summed E-state index contributed by atoms with van der Waals surface area (Å²) in [5, 5.41) is 5.46. The van der Waals surface area contributed by atoms with Crippen molar-refractivity contribution in [3.05, 3.63) is 0 Å². The predicted molar refractivity (Wildman–Crippen MR) is 45.7 cm³/mol. The van der Waals surface area contributed by atoms with E-state index in [-0.39, 0.29) is 11.9 Å². The Labute approximate surface area is 67.1 Å². The highest BCUT2D eigenvalue weighted by molar-refractivity contribution is 5.98. The largest absolute Gasteiger partial charge is 0.313 e. The molecule has 0 spiro atoms. The van der Waals surface area contributed by atoms with Crippen molar-refractivity contribution in [2.75, 3.05) is 14.1 Å². The lowest BCUT2D eigenvalue weighted by Crippen LogP contribution is -2.42. The third kappa shape index (κ3) is 3.72. The second kappa shape index (κ2) is 4.85. The summed E-state index contributed by atoms with van der Waals surface area (Å²) >= 11 is 0. The maximum absolute atomic E-state index is 11.1. The van der Waals surface area contributed by atoms with Crippen LogP contribution < -0.4 is 10.6 Å². The van der Waals surface area contributed by atoms with Crippen LogP contribution in [0.4, 0.5) is 0 Å². The maximum Gasteiger partial charge on any atom is 0.242 e. The van der Waals surface area contributed by atoms with Gasteiger partial charge in [-0.2, -0.15) is 0 Å². The van der Waals surface area contributed by atoms with E-state index in [1.165, 1.54) is 0 Å². The molecule has 0 fully saturated rings. The van der Waals surface area contributed by atoms with Crippen molar-refractivity contribution in [1.82, 2.24) is 10.6 Å². The zero-order chi connectivity index (χ0) is 8.85. The van der Waals surface area contributed by atoms with Gasteiger partial charge in [0.15, 0.2) is 0 Å². The molecule has 0 aliphatic carbocycles. The molecule has 0 bridgehead atoms. The Balaban J connectivity index is 3.87. The monoisotopic (exact) mass is 157 g/mol. The number of likely N-dealkylation sites (N-methyl/N-ethyl adjacent to an activating group) is 1. The molecule has 1 unspecified atom stereocenters. The number of hydrogen-bond donors (Lipinski definition) is 2. The summed E-state index contributed by atoms with van der Waals surface area (Å²) in [5.41, 5.74) is 0. The van der Waals surface area contributed by atoms with E-state index in [2.05, 4.69) is 15.6 Å². The molecular formula is C7H15N3O. The number of carbonyl (C=O) groups excluding carboxylic acids is 1. The minimum atomic E-state index is -0.174. The first-order valence-electron chi connectivity index (χ1n) is 3.53. The van der Waals surface area contributed by atoms with Crippen molar-refractivity contribution < 1.29 is 4.79 Å². The molecule has 4 heteroatoms. The van der Waals surface area contributed by atoms with E-state index in [0.717, 1.165) is 0 Å². The van der Waals surface area contributed by atoms with E-state index in [9.17, 15) is 4.79 Å². The Morgan fingerprint density at radius 1 is 1.55 bits per heavy atom. The van der Waals surface area contributed by atoms with Gasteiger partial charge in [0.25, 0.3) is 0 Å². The summed E-state index contributed by atoms with van der Waals surface area (Å²) in [6, 6.07) is -0.174. The van der Waals surface area contributed by atoms with Crippen LogP contribution in [0.3, 0.4) is 0 Å². The topological polar surface area (TPSA) is 53.5 Å². The van der Waals surface area contributed by atoms with Crippen LogP contribution in [0.25, 0.3) is 0 Å². The van der Waals surface area contributed by atoms with Crippen LogP contribution in [0, 0.1) is 0 Å². The highest BCUT2D eigenvalue weighted by atomic mass is 16.2. The fourth-order valence-electron chi connectivity index (χ4n) is 0.474. The SMILES string of the molecule is C/N=C(/C)NC(=O)C(C)NC. The summed E-state index contributed by atoms with van der Waals surface area (Å²) < 4.78 is 0. The molecule has 0 saturated carbocycles. The number of amidine groups is 1. The molecule has 1 atom stereocenters. The van der Waals surface area contributed by atoms with E-state index in [4.69, 9.17) is 0 Å². The molecule has 64 valence electrons. The average Bonchev–Trinajstić information content (AvgIpc) is 2.02. The summed E-state index contributed by atoms with van der Waals surface area (Å²) in [5.74, 6) is 0.577. The third-order valence-electron chi connectivity index (χ3n) is 1.47. The van der Waals surface area contributed by atoms with Crippen LogP contribution in [0.1, 0.15) is 13.8 Å². The molecule has 4 nitrogen and oxygen atoms in total. The fraction of sp³-hybridized carbons (Fsp3) is 0.714. The molecule has 0 saturated heterocycles. The zero-order valence-corrected chi connectivity index (χ0v) is 7.43. The van der Waals surface area contributed by atoms with Crippen LogP contribution in [0.15, 0.2) is 4.99 Å². The molecule has 1 amide bonds. The molecule has 0 heterocycles. The van der Waals surface area contributed by atoms with Gasteiger partial charge < -0.3 is 10.6 Å². The standard InChI is InChI=1S/C7H15N3O/c1-5(8-3)7(11)10-6(2)9-4/h5,8H,1-4H3,(H,9,10,11). The summed E-state index contributed by atoms with van der Waals surface area (Å²) in [7, 11) is 3.38. The molecule has 0 rings (SSSR count). The minimum absolute atomic E-state index is 0.0596. The Hall–Kier alpha value is -0.900. The van der Waals surface area contributed by atoms with Crippen molar-refractivity contribution >= 4 is 11.7 Å². The van der Waals surface area contributed by atoms with E-state index in [1.54, 1.807) is 27.9 Å². The fourth-order valence-corrected chi connectivity index (χ4v) is 0.474. The van der Waals surface area contributed by atoms with Gasteiger partial charge in [-0.05, 0) is 20.9 Å². The van der Waals surface area contributed by atoms with Gasteiger partial charge in [-0.15, -0.1) is 0 Å². The van der Waals surface area contributed by atoms with Gasteiger partial charge in [-0.25, -0.2) is 0 Å². The molecule has 0 aromatic heterocycles. The first kappa shape index (κ1) is 10.1. The first-order chi connectivity index (χ1) is 5.11. The van der Waals surface area contributed by atoms with Crippen LogP contribution in [-0.4, -0.2) is 31.9 Å². The zero-order valence-electron chi connectivity index (χ0n) is 7.43. The summed E-state index contributed by atoms with van der Waals surface area (Å²) in [4.78, 5) is 14.9. The Kier molecular flexibility index (Phi) is 4.45. The lowest BCUT2D eigenvalue weighted by molar-refractivity contribution is -0.121. The van der Waals surface area contributed by atoms with Crippen molar-refractivity contribution in [3.63, 3.8) is 0 Å². The predicted octanol–water partition coefficient (Wildman–Crippen LogP) is -0.241. The summed E-state index contributed by atoms with van der Waals surface area (Å²) in [6.45, 7) is 3.54. The van der Waals surface area contributed by atoms with Crippen LogP contribution in [-0.2, 0) is 4.79 Å². The van der Waals surface area contributed by atoms with E-state index < -0.39 is 0 Å². The van der Waals surface area contributed by atoms with E-state index >= 15 is 0 Å². The van der Waals surface area contributed by atoms with Crippen molar-refractivity contribution in [2.24, 2.45) is 4.99 Å². The number of hydrogen-bond acceptors (Lipinski definition) is 3. The van der Waals surface area contributed by atoms with Crippen LogP contribution in [0.5, 0.6) is 0 Å². The van der Waals surface area contributed by atoms with Gasteiger partial charge in [0, 0.05) is 7.05 Å². The Morgan fingerprint density at radius 2 is 2.09 bits per heavy atom. The van der Waals surface area contributed by atoms with Crippen molar-refractivity contribution in [1.29, 1.82) is 0 Å². The highest BCUT2D eigenvalue weighted by Gasteiger charge is 2.09. The highest BCUT2D eigenvalue weighted by Crippen LogP contribution is 1.79. The van der Waals surface area contributed by atoms with E-state index in [0.29, 0.717) is 5.84 Å². The molecule has 2 N–H and O–H groups in total. The minimum Gasteiger partial charge on any atom is -0.313 e. The quantitative estimate of drug-likeness (QED) is 0.429. The molecular weight excluding hydrogens is 142 g/mol. The Bertz CT molecular complexity index is 165. The smallest absolute Gasteiger partial charge is 0.242 e. The van der Waals surface area contributed by atoms with Gasteiger partial charge in [-0.3, -0.25) is 9.79 Å². The first-order valence-corrected chi connectivity index (χ1v) is 3.53. The van der Waals surface area contributed by atoms with Crippen LogP contribution in [0.2, 0.25) is 0 Å². The van der Waals surface area contributed by atoms with Gasteiger partial charge in [0.2, 0.25) is 5.91 Å². The molecule has 0 aromatic rings. The van der Waals surface area contributed by atoms with Gasteiger partial charge in [0.1, 0.15) is 0 Å². The molecule has 0 aromatic carbocycles. The van der Waals surface area contributed by atoms with Gasteiger partial charge in [0.05, 0.1) is 11.9 Å². The average molecular weight is 157 g/mol. The maximum atomic E-state index is 11.1. The number of amides is 1.